The summed E-state index contributed by atoms with van der Waals surface area (Å²) in [6, 6.07) is 5.97. The molecule has 1 aromatic rings. The van der Waals surface area contributed by atoms with E-state index in [0.29, 0.717) is 19.6 Å². The summed E-state index contributed by atoms with van der Waals surface area (Å²) in [6.07, 6.45) is 1.09. The van der Waals surface area contributed by atoms with E-state index in [4.69, 9.17) is 0 Å². The lowest BCUT2D eigenvalue weighted by atomic mass is 9.89. The molecule has 0 unspecified atom stereocenters. The number of carbonyl (C=O) groups is 2. The van der Waals surface area contributed by atoms with Gasteiger partial charge in [-0.05, 0) is 17.7 Å². The maximum Gasteiger partial charge on any atom is 0.223 e. The van der Waals surface area contributed by atoms with Crippen molar-refractivity contribution < 1.29 is 22.4 Å². The number of fused-ring (bicyclic) bond motifs is 1. The molecule has 2 aliphatic rings. The lowest BCUT2D eigenvalue weighted by Gasteiger charge is -2.29. The second kappa shape index (κ2) is 6.98. The zero-order chi connectivity index (χ0) is 19.1. The third-order valence-corrected chi connectivity index (χ3v) is 6.24. The molecule has 0 bridgehead atoms. The predicted molar refractivity (Wildman–Crippen MR) is 94.4 cm³/mol. The number of halogens is 1. The fourth-order valence-corrected chi connectivity index (χ4v) is 4.67. The van der Waals surface area contributed by atoms with E-state index in [-0.39, 0.29) is 47.7 Å². The van der Waals surface area contributed by atoms with E-state index in [0.717, 1.165) is 11.8 Å². The first-order valence-corrected chi connectivity index (χ1v) is 10.7. The predicted octanol–water partition coefficient (Wildman–Crippen LogP) is 1.24. The highest BCUT2D eigenvalue weighted by Crippen LogP contribution is 2.45. The van der Waals surface area contributed by atoms with E-state index < -0.39 is 9.84 Å². The molecule has 2 heterocycles. The molecule has 3 rings (SSSR count). The highest BCUT2D eigenvalue weighted by atomic mass is 32.2. The third kappa shape index (κ3) is 3.90. The minimum atomic E-state index is -3.19. The van der Waals surface area contributed by atoms with Crippen molar-refractivity contribution >= 4 is 21.7 Å². The Hall–Kier alpha value is -1.96. The Morgan fingerprint density at radius 2 is 1.96 bits per heavy atom. The van der Waals surface area contributed by atoms with Crippen molar-refractivity contribution in [2.24, 2.45) is 11.8 Å². The number of benzene rings is 1. The number of hydrogen-bond donors (Lipinski definition) is 0. The summed E-state index contributed by atoms with van der Waals surface area (Å²) in [6.45, 7) is 2.99. The molecule has 0 N–H and O–H groups in total. The number of carbonyl (C=O) groups excluding carboxylic acids is 2. The fraction of sp³-hybridized carbons (Fsp3) is 0.556. The average molecular weight is 382 g/mol. The molecule has 2 aliphatic heterocycles. The number of nitrogens with zero attached hydrogens (tertiary/aromatic N) is 2. The average Bonchev–Trinajstić information content (AvgIpc) is 3.09. The Kier molecular flexibility index (Phi) is 5.05. The van der Waals surface area contributed by atoms with Gasteiger partial charge in [0.15, 0.2) is 0 Å². The molecule has 0 saturated carbocycles. The minimum Gasteiger partial charge on any atom is -0.342 e. The van der Waals surface area contributed by atoms with Gasteiger partial charge in [-0.15, -0.1) is 0 Å². The molecule has 2 fully saturated rings. The van der Waals surface area contributed by atoms with E-state index in [1.165, 1.54) is 19.1 Å². The van der Waals surface area contributed by atoms with Crippen LogP contribution in [0.3, 0.4) is 0 Å². The Bertz CT molecular complexity index is 826. The summed E-state index contributed by atoms with van der Waals surface area (Å²) in [5.41, 5.74) is 0.734. The Balaban J connectivity index is 1.78. The maximum atomic E-state index is 13.7. The van der Waals surface area contributed by atoms with E-state index in [2.05, 4.69) is 0 Å². The monoisotopic (exact) mass is 382 g/mol. The van der Waals surface area contributed by atoms with Gasteiger partial charge in [-0.3, -0.25) is 9.59 Å². The van der Waals surface area contributed by atoms with Gasteiger partial charge in [-0.2, -0.15) is 0 Å². The molecule has 0 aromatic heterocycles. The molecule has 26 heavy (non-hydrogen) atoms. The fourth-order valence-electron chi connectivity index (χ4n) is 4.12. The molecule has 2 saturated heterocycles. The molecule has 142 valence electrons. The summed E-state index contributed by atoms with van der Waals surface area (Å²) in [5.74, 6) is -0.614. The topological polar surface area (TPSA) is 74.8 Å². The number of sulfone groups is 1. The van der Waals surface area contributed by atoms with Crippen LogP contribution >= 0.6 is 0 Å². The van der Waals surface area contributed by atoms with Crippen molar-refractivity contribution in [3.05, 3.63) is 35.6 Å². The second-order valence-electron chi connectivity index (χ2n) is 7.27. The van der Waals surface area contributed by atoms with Crippen LogP contribution < -0.4 is 0 Å². The van der Waals surface area contributed by atoms with E-state index in [1.54, 1.807) is 21.9 Å². The van der Waals surface area contributed by atoms with Crippen molar-refractivity contribution in [2.45, 2.75) is 19.4 Å². The standard InChI is InChI=1S/C18H23FN2O4S/c1-12(22)21-10-14-9-20(17(23)6-7-26(2,24)25)11-16(14)18(21)13-4-3-5-15(19)8-13/h3-5,8,14,16,18H,6-7,9-11H2,1-2H3/t14-,16-,18-/m1/s1. The van der Waals surface area contributed by atoms with Gasteiger partial charge in [0.2, 0.25) is 11.8 Å². The molecule has 1 aromatic carbocycles. The van der Waals surface area contributed by atoms with Crippen LogP contribution in [0.4, 0.5) is 4.39 Å². The first kappa shape index (κ1) is 18.8. The van der Waals surface area contributed by atoms with Crippen LogP contribution in [0, 0.1) is 17.7 Å². The number of rotatable bonds is 4. The first-order valence-electron chi connectivity index (χ1n) is 8.64. The summed E-state index contributed by atoms with van der Waals surface area (Å²) >= 11 is 0. The van der Waals surface area contributed by atoms with Crippen LogP contribution in [0.15, 0.2) is 24.3 Å². The van der Waals surface area contributed by atoms with Crippen LogP contribution in [-0.2, 0) is 19.4 Å². The van der Waals surface area contributed by atoms with Crippen LogP contribution in [0.2, 0.25) is 0 Å². The SMILES string of the molecule is CC(=O)N1C[C@H]2CN(C(=O)CCS(C)(=O)=O)C[C@H]2[C@H]1c1cccc(F)c1. The maximum absolute atomic E-state index is 13.7. The number of likely N-dealkylation sites (tertiary alicyclic amines) is 2. The van der Waals surface area contributed by atoms with Gasteiger partial charge >= 0.3 is 0 Å². The molecule has 0 radical (unpaired) electrons. The largest absolute Gasteiger partial charge is 0.342 e. The minimum absolute atomic E-state index is 0.0284. The van der Waals surface area contributed by atoms with Crippen molar-refractivity contribution in [2.75, 3.05) is 31.6 Å². The Morgan fingerprint density at radius 3 is 2.58 bits per heavy atom. The lowest BCUT2D eigenvalue weighted by Crippen LogP contribution is -2.37. The van der Waals surface area contributed by atoms with Gasteiger partial charge in [0.05, 0.1) is 11.8 Å². The van der Waals surface area contributed by atoms with Crippen molar-refractivity contribution in [3.8, 4) is 0 Å². The normalized spacial score (nSPS) is 25.4. The molecule has 6 nitrogen and oxygen atoms in total. The summed E-state index contributed by atoms with van der Waals surface area (Å²) < 4.78 is 36.3. The number of amides is 2. The van der Waals surface area contributed by atoms with E-state index in [1.807, 2.05) is 0 Å². The zero-order valence-corrected chi connectivity index (χ0v) is 15.7. The Morgan fingerprint density at radius 1 is 1.23 bits per heavy atom. The molecule has 0 aliphatic carbocycles. The summed E-state index contributed by atoms with van der Waals surface area (Å²) in [7, 11) is -3.19. The molecule has 0 spiro atoms. The van der Waals surface area contributed by atoms with Gasteiger partial charge in [0.1, 0.15) is 15.7 Å². The highest BCUT2D eigenvalue weighted by molar-refractivity contribution is 7.90. The molecule has 3 atom stereocenters. The quantitative estimate of drug-likeness (QED) is 0.785. The van der Waals surface area contributed by atoms with Crippen molar-refractivity contribution in [3.63, 3.8) is 0 Å². The molecular weight excluding hydrogens is 359 g/mol. The van der Waals surface area contributed by atoms with Crippen molar-refractivity contribution in [1.29, 1.82) is 0 Å². The van der Waals surface area contributed by atoms with Crippen molar-refractivity contribution in [1.82, 2.24) is 9.80 Å². The second-order valence-corrected chi connectivity index (χ2v) is 9.53. The van der Waals surface area contributed by atoms with Crippen LogP contribution in [0.25, 0.3) is 0 Å². The zero-order valence-electron chi connectivity index (χ0n) is 14.9. The van der Waals surface area contributed by atoms with E-state index in [9.17, 15) is 22.4 Å². The lowest BCUT2D eigenvalue weighted by molar-refractivity contribution is -0.131. The van der Waals surface area contributed by atoms with Crippen LogP contribution in [-0.4, -0.2) is 61.7 Å². The molecular formula is C18H23FN2O4S. The molecule has 2 amide bonds. The first-order chi connectivity index (χ1) is 12.2. The Labute approximate surface area is 152 Å². The highest BCUT2D eigenvalue weighted by Gasteiger charge is 2.49. The van der Waals surface area contributed by atoms with E-state index >= 15 is 0 Å². The summed E-state index contributed by atoms with van der Waals surface area (Å²) in [5, 5.41) is 0. The van der Waals surface area contributed by atoms with Gasteiger partial charge in [-0.1, -0.05) is 12.1 Å². The van der Waals surface area contributed by atoms with Gasteiger partial charge in [0.25, 0.3) is 0 Å². The molecule has 8 heteroatoms. The van der Waals surface area contributed by atoms with Gasteiger partial charge < -0.3 is 9.80 Å². The summed E-state index contributed by atoms with van der Waals surface area (Å²) in [4.78, 5) is 27.9. The van der Waals surface area contributed by atoms with Crippen LogP contribution in [0.1, 0.15) is 24.9 Å². The van der Waals surface area contributed by atoms with Gasteiger partial charge in [0, 0.05) is 51.1 Å². The van der Waals surface area contributed by atoms with Gasteiger partial charge in [-0.25, -0.2) is 12.8 Å². The van der Waals surface area contributed by atoms with Crippen LogP contribution in [0.5, 0.6) is 0 Å². The smallest absolute Gasteiger partial charge is 0.223 e. The third-order valence-electron chi connectivity index (χ3n) is 5.30. The number of hydrogen-bond acceptors (Lipinski definition) is 4.